The third kappa shape index (κ3) is 8.33. The van der Waals surface area contributed by atoms with Crippen LogP contribution in [0.3, 0.4) is 0 Å². The fourth-order valence-corrected chi connectivity index (χ4v) is 8.25. The van der Waals surface area contributed by atoms with Crippen LogP contribution in [-0.4, -0.2) is 94.4 Å². The number of ether oxygens (including phenoxy) is 1. The van der Waals surface area contributed by atoms with Crippen LogP contribution in [0.25, 0.3) is 0 Å². The number of amides is 3. The van der Waals surface area contributed by atoms with Crippen molar-refractivity contribution in [1.82, 2.24) is 34.9 Å². The molecule has 3 amide bonds. The van der Waals surface area contributed by atoms with Crippen molar-refractivity contribution in [3.8, 4) is 5.75 Å². The van der Waals surface area contributed by atoms with Gasteiger partial charge in [0.15, 0.2) is 0 Å². The predicted molar refractivity (Wildman–Crippen MR) is 212 cm³/mol. The lowest BCUT2D eigenvalue weighted by atomic mass is 9.94. The van der Waals surface area contributed by atoms with E-state index in [1.807, 2.05) is 36.7 Å². The van der Waals surface area contributed by atoms with E-state index in [0.717, 1.165) is 99.0 Å². The van der Waals surface area contributed by atoms with Crippen LogP contribution in [0.2, 0.25) is 0 Å². The Morgan fingerprint density at radius 2 is 1.74 bits per heavy atom. The van der Waals surface area contributed by atoms with Gasteiger partial charge in [-0.1, -0.05) is 12.1 Å². The van der Waals surface area contributed by atoms with Gasteiger partial charge in [0, 0.05) is 76.0 Å². The van der Waals surface area contributed by atoms with Gasteiger partial charge in [-0.3, -0.25) is 19.3 Å². The number of urea groups is 1. The van der Waals surface area contributed by atoms with E-state index in [0.29, 0.717) is 30.9 Å². The fraction of sp³-hybridized carbons (Fsp3) is 0.475. The van der Waals surface area contributed by atoms with Crippen molar-refractivity contribution in [2.75, 3.05) is 68.0 Å². The zero-order valence-electron chi connectivity index (χ0n) is 31.2. The van der Waals surface area contributed by atoms with Crippen LogP contribution >= 0.6 is 12.4 Å². The van der Waals surface area contributed by atoms with Crippen molar-refractivity contribution in [3.63, 3.8) is 0 Å². The van der Waals surface area contributed by atoms with Crippen LogP contribution in [-0.2, 0) is 24.3 Å². The number of rotatable bonds is 10. The Kier molecular flexibility index (Phi) is 11.7. The normalized spacial score (nSPS) is 18.7. The number of aromatic nitrogens is 4. The summed E-state index contributed by atoms with van der Waals surface area (Å²) in [6.45, 7) is 9.86. The van der Waals surface area contributed by atoms with Crippen LogP contribution in [0.5, 0.6) is 5.75 Å². The number of anilines is 4. The molecular weight excluding hydrogens is 704 g/mol. The smallest absolute Gasteiger partial charge is 0.331 e. The number of imide groups is 1. The summed E-state index contributed by atoms with van der Waals surface area (Å²) in [5.74, 6) is 1.92. The summed E-state index contributed by atoms with van der Waals surface area (Å²) in [6, 6.07) is 14.0. The minimum absolute atomic E-state index is 0. The zero-order valence-corrected chi connectivity index (χ0v) is 32.1. The minimum atomic E-state index is -0.266. The molecule has 4 aromatic rings. The number of hydrogen-bond acceptors (Lipinski definition) is 10. The second kappa shape index (κ2) is 16.7. The van der Waals surface area contributed by atoms with Crippen LogP contribution in [0.4, 0.5) is 27.8 Å². The molecule has 0 unspecified atom stereocenters. The van der Waals surface area contributed by atoms with E-state index >= 15 is 0 Å². The second-order valence-electron chi connectivity index (χ2n) is 14.9. The molecule has 8 rings (SSSR count). The van der Waals surface area contributed by atoms with Crippen molar-refractivity contribution < 1.29 is 14.3 Å². The van der Waals surface area contributed by atoms with E-state index in [4.69, 9.17) is 14.8 Å². The fourth-order valence-electron chi connectivity index (χ4n) is 8.25. The molecule has 3 saturated heterocycles. The Bertz CT molecular complexity index is 1920. The van der Waals surface area contributed by atoms with Gasteiger partial charge in [-0.25, -0.2) is 14.8 Å². The molecule has 13 nitrogen and oxygen atoms in total. The number of aryl methyl sites for hydroxylation is 1. The monoisotopic (exact) mass is 754 g/mol. The number of piperidine rings is 2. The summed E-state index contributed by atoms with van der Waals surface area (Å²) >= 11 is 0. The number of nitrogens with zero attached hydrogens (tertiary/aromatic N) is 8. The van der Waals surface area contributed by atoms with Gasteiger partial charge >= 0.3 is 6.03 Å². The Balaban J connectivity index is 0.00000450. The number of benzene rings is 2. The molecule has 0 atom stereocenters. The molecule has 2 aromatic heterocycles. The first-order valence-electron chi connectivity index (χ1n) is 19.1. The molecule has 6 heterocycles. The molecule has 0 spiro atoms. The summed E-state index contributed by atoms with van der Waals surface area (Å²) in [6.07, 6.45) is 11.7. The molecule has 4 aliphatic heterocycles. The first-order valence-corrected chi connectivity index (χ1v) is 19.1. The summed E-state index contributed by atoms with van der Waals surface area (Å²) in [4.78, 5) is 43.8. The van der Waals surface area contributed by atoms with Gasteiger partial charge in [0.25, 0.3) is 0 Å². The predicted octanol–water partition coefficient (Wildman–Crippen LogP) is 5.71. The van der Waals surface area contributed by atoms with E-state index in [1.165, 1.54) is 29.0 Å². The minimum Gasteiger partial charge on any atom is -0.497 e. The second-order valence-corrected chi connectivity index (χ2v) is 14.9. The SMILES string of the molecule is COc1ccc(CN2C(=O)CCN(c3ccc(N4CCC(CN5CCC(n6cc(Nc7ncc8c(n7)CNCC8)cn6)CC5)CC4)cc3C)C2=O)cc1.Cl. The van der Waals surface area contributed by atoms with Gasteiger partial charge in [-0.2, -0.15) is 5.10 Å². The van der Waals surface area contributed by atoms with Gasteiger partial charge < -0.3 is 25.2 Å². The van der Waals surface area contributed by atoms with E-state index in [9.17, 15) is 9.59 Å². The van der Waals surface area contributed by atoms with Gasteiger partial charge in [0.1, 0.15) is 5.75 Å². The first kappa shape index (κ1) is 37.6. The number of halogens is 1. The van der Waals surface area contributed by atoms with E-state index < -0.39 is 0 Å². The molecule has 14 heteroatoms. The quantitative estimate of drug-likeness (QED) is 0.208. The van der Waals surface area contributed by atoms with Crippen LogP contribution in [0, 0.1) is 12.8 Å². The van der Waals surface area contributed by atoms with Crippen molar-refractivity contribution in [2.24, 2.45) is 5.92 Å². The van der Waals surface area contributed by atoms with Crippen LogP contribution in [0.15, 0.2) is 61.1 Å². The van der Waals surface area contributed by atoms with Crippen molar-refractivity contribution in [1.29, 1.82) is 0 Å². The third-order valence-electron chi connectivity index (χ3n) is 11.4. The number of hydrogen-bond donors (Lipinski definition) is 2. The Labute approximate surface area is 323 Å². The number of carbonyl (C=O) groups is 2. The lowest BCUT2D eigenvalue weighted by molar-refractivity contribution is -0.129. The average Bonchev–Trinajstić information content (AvgIpc) is 3.66. The van der Waals surface area contributed by atoms with Gasteiger partial charge in [0.2, 0.25) is 11.9 Å². The lowest BCUT2D eigenvalue weighted by Crippen LogP contribution is -2.52. The molecule has 54 heavy (non-hydrogen) atoms. The third-order valence-corrected chi connectivity index (χ3v) is 11.4. The van der Waals surface area contributed by atoms with Crippen molar-refractivity contribution >= 4 is 47.4 Å². The molecule has 4 aliphatic rings. The maximum absolute atomic E-state index is 13.6. The first-order chi connectivity index (χ1) is 25.9. The van der Waals surface area contributed by atoms with E-state index in [2.05, 4.69) is 61.4 Å². The number of fused-ring (bicyclic) bond motifs is 1. The lowest BCUT2D eigenvalue weighted by Gasteiger charge is -2.39. The molecular formula is C40H51ClN10O3. The number of nitrogens with one attached hydrogen (secondary N) is 2. The van der Waals surface area contributed by atoms with Gasteiger partial charge in [-0.05, 0) is 98.5 Å². The summed E-state index contributed by atoms with van der Waals surface area (Å²) in [5, 5.41) is 11.4. The Morgan fingerprint density at radius 1 is 0.944 bits per heavy atom. The van der Waals surface area contributed by atoms with Crippen LogP contribution in [0.1, 0.15) is 60.5 Å². The molecule has 0 bridgehead atoms. The Hall–Kier alpha value is -4.72. The number of carbonyl (C=O) groups excluding carboxylic acids is 2. The molecule has 3 fully saturated rings. The Morgan fingerprint density at radius 3 is 2.50 bits per heavy atom. The maximum Gasteiger partial charge on any atom is 0.331 e. The van der Waals surface area contributed by atoms with E-state index in [1.54, 1.807) is 12.0 Å². The summed E-state index contributed by atoms with van der Waals surface area (Å²) in [7, 11) is 1.62. The molecule has 2 aromatic carbocycles. The molecule has 0 radical (unpaired) electrons. The highest BCUT2D eigenvalue weighted by Gasteiger charge is 2.34. The van der Waals surface area contributed by atoms with Crippen LogP contribution < -0.4 is 25.2 Å². The topological polar surface area (TPSA) is 124 Å². The largest absolute Gasteiger partial charge is 0.497 e. The van der Waals surface area contributed by atoms with Gasteiger partial charge in [-0.15, -0.1) is 12.4 Å². The standard InChI is InChI=1S/C40H50N10O3.ClH/c1-28-21-34(5-8-37(28)48-20-14-38(51)49(40(48)52)26-29-3-6-35(53-2)7-4-29)47-18-10-30(11-19-47)25-46-16-12-33(13-17-46)50-27-32(23-43-50)44-39-42-22-31-9-15-41-24-36(31)45-39;/h3-8,21-23,27,30,33,41H,9-20,24-26H2,1-2H3,(H,42,44,45);1H. The number of likely N-dealkylation sites (tertiary alicyclic amines) is 1. The zero-order chi connectivity index (χ0) is 36.3. The van der Waals surface area contributed by atoms with Crippen molar-refractivity contribution in [3.05, 3.63) is 83.4 Å². The maximum atomic E-state index is 13.6. The molecule has 0 saturated carbocycles. The highest BCUT2D eigenvalue weighted by Crippen LogP contribution is 2.32. The highest BCUT2D eigenvalue weighted by atomic mass is 35.5. The van der Waals surface area contributed by atoms with Crippen molar-refractivity contribution in [2.45, 2.75) is 64.6 Å². The molecule has 2 N–H and O–H groups in total. The molecule has 0 aliphatic carbocycles. The number of methoxy groups -OCH3 is 1. The van der Waals surface area contributed by atoms with Gasteiger partial charge in [0.05, 0.1) is 37.3 Å². The highest BCUT2D eigenvalue weighted by molar-refractivity contribution is 6.06. The van der Waals surface area contributed by atoms with E-state index in [-0.39, 0.29) is 30.9 Å². The summed E-state index contributed by atoms with van der Waals surface area (Å²) < 4.78 is 7.36. The summed E-state index contributed by atoms with van der Waals surface area (Å²) in [5.41, 5.74) is 7.23. The molecule has 286 valence electrons. The average molecular weight is 755 g/mol.